The minimum absolute atomic E-state index is 0.243. The van der Waals surface area contributed by atoms with Crippen molar-refractivity contribution in [2.75, 3.05) is 0 Å². The van der Waals surface area contributed by atoms with Gasteiger partial charge in [-0.25, -0.2) is 0 Å². The lowest BCUT2D eigenvalue weighted by atomic mass is 10.1. The first-order valence-electron chi connectivity index (χ1n) is 4.49. The second-order valence-electron chi connectivity index (χ2n) is 3.23. The smallest absolute Gasteiger partial charge is 0.240 e. The summed E-state index contributed by atoms with van der Waals surface area (Å²) in [6, 6.07) is 5.60. The summed E-state index contributed by atoms with van der Waals surface area (Å²) in [6.45, 7) is 2.20. The van der Waals surface area contributed by atoms with E-state index in [0.29, 0.717) is 16.7 Å². The van der Waals surface area contributed by atoms with E-state index >= 15 is 0 Å². The van der Waals surface area contributed by atoms with Crippen LogP contribution in [0.2, 0.25) is 5.02 Å². The third-order valence-electron chi connectivity index (χ3n) is 1.94. The van der Waals surface area contributed by atoms with E-state index in [1.165, 1.54) is 0 Å². The molecule has 0 atom stereocenters. The topological polar surface area (TPSA) is 64.9 Å². The SMILES string of the molecule is Cc1cc(Cl)cc(-c2noc(CN)n2)c1. The molecule has 15 heavy (non-hydrogen) atoms. The van der Waals surface area contributed by atoms with Crippen molar-refractivity contribution < 1.29 is 4.52 Å². The fourth-order valence-electron chi connectivity index (χ4n) is 1.32. The molecule has 2 rings (SSSR count). The van der Waals surface area contributed by atoms with Crippen LogP contribution in [0, 0.1) is 6.92 Å². The number of benzene rings is 1. The quantitative estimate of drug-likeness (QED) is 0.847. The lowest BCUT2D eigenvalue weighted by Gasteiger charge is -1.98. The van der Waals surface area contributed by atoms with Crippen molar-refractivity contribution in [3.8, 4) is 11.4 Å². The van der Waals surface area contributed by atoms with E-state index in [9.17, 15) is 0 Å². The van der Waals surface area contributed by atoms with Crippen LogP contribution in [-0.2, 0) is 6.54 Å². The first kappa shape index (κ1) is 10.1. The molecule has 0 amide bonds. The van der Waals surface area contributed by atoms with Gasteiger partial charge < -0.3 is 10.3 Å². The minimum Gasteiger partial charge on any atom is -0.338 e. The van der Waals surface area contributed by atoms with Gasteiger partial charge in [0.2, 0.25) is 11.7 Å². The summed E-state index contributed by atoms with van der Waals surface area (Å²) in [7, 11) is 0. The fourth-order valence-corrected chi connectivity index (χ4v) is 1.61. The zero-order chi connectivity index (χ0) is 10.8. The van der Waals surface area contributed by atoms with Gasteiger partial charge in [0.25, 0.3) is 0 Å². The number of halogens is 1. The van der Waals surface area contributed by atoms with Crippen LogP contribution in [0.5, 0.6) is 0 Å². The van der Waals surface area contributed by atoms with Gasteiger partial charge in [0, 0.05) is 10.6 Å². The Morgan fingerprint density at radius 2 is 2.20 bits per heavy atom. The molecule has 0 saturated heterocycles. The zero-order valence-corrected chi connectivity index (χ0v) is 8.95. The number of aryl methyl sites for hydroxylation is 1. The zero-order valence-electron chi connectivity index (χ0n) is 8.20. The van der Waals surface area contributed by atoms with Gasteiger partial charge in [-0.2, -0.15) is 4.98 Å². The molecule has 0 aliphatic rings. The summed E-state index contributed by atoms with van der Waals surface area (Å²) in [6.07, 6.45) is 0. The van der Waals surface area contributed by atoms with Crippen LogP contribution >= 0.6 is 11.6 Å². The molecular formula is C10H10ClN3O. The normalized spacial score (nSPS) is 10.6. The third kappa shape index (κ3) is 2.16. The molecule has 0 bridgehead atoms. The van der Waals surface area contributed by atoms with Gasteiger partial charge in [0.15, 0.2) is 0 Å². The molecule has 5 heteroatoms. The summed E-state index contributed by atoms with van der Waals surface area (Å²) in [4.78, 5) is 4.12. The molecule has 0 aliphatic heterocycles. The van der Waals surface area contributed by atoms with Crippen molar-refractivity contribution in [3.63, 3.8) is 0 Å². The first-order chi connectivity index (χ1) is 7.19. The number of hydrogen-bond acceptors (Lipinski definition) is 4. The highest BCUT2D eigenvalue weighted by atomic mass is 35.5. The Morgan fingerprint density at radius 1 is 1.40 bits per heavy atom. The first-order valence-corrected chi connectivity index (χ1v) is 4.87. The molecule has 4 nitrogen and oxygen atoms in total. The van der Waals surface area contributed by atoms with Gasteiger partial charge in [-0.15, -0.1) is 0 Å². The van der Waals surface area contributed by atoms with E-state index in [1.54, 1.807) is 6.07 Å². The van der Waals surface area contributed by atoms with E-state index in [1.807, 2.05) is 19.1 Å². The average Bonchev–Trinajstić information content (AvgIpc) is 2.64. The summed E-state index contributed by atoms with van der Waals surface area (Å²) in [5.41, 5.74) is 7.27. The predicted octanol–water partition coefficient (Wildman–Crippen LogP) is 2.16. The number of hydrogen-bond donors (Lipinski definition) is 1. The van der Waals surface area contributed by atoms with E-state index in [0.717, 1.165) is 11.1 Å². The van der Waals surface area contributed by atoms with E-state index in [4.69, 9.17) is 21.9 Å². The van der Waals surface area contributed by atoms with Crippen LogP contribution in [-0.4, -0.2) is 10.1 Å². The predicted molar refractivity (Wildman–Crippen MR) is 57.4 cm³/mol. The number of rotatable bonds is 2. The van der Waals surface area contributed by atoms with Gasteiger partial charge in [-0.05, 0) is 30.7 Å². The Bertz CT molecular complexity index is 461. The molecule has 0 radical (unpaired) electrons. The maximum absolute atomic E-state index is 5.93. The van der Waals surface area contributed by atoms with Crippen molar-refractivity contribution in [2.45, 2.75) is 13.5 Å². The summed E-state index contributed by atoms with van der Waals surface area (Å²) >= 11 is 5.93. The molecule has 0 aliphatic carbocycles. The third-order valence-corrected chi connectivity index (χ3v) is 2.16. The molecule has 2 aromatic rings. The van der Waals surface area contributed by atoms with E-state index in [2.05, 4.69) is 10.1 Å². The summed E-state index contributed by atoms with van der Waals surface area (Å²) < 4.78 is 4.92. The molecular weight excluding hydrogens is 214 g/mol. The highest BCUT2D eigenvalue weighted by Crippen LogP contribution is 2.22. The highest BCUT2D eigenvalue weighted by molar-refractivity contribution is 6.30. The van der Waals surface area contributed by atoms with E-state index in [-0.39, 0.29) is 6.54 Å². The lowest BCUT2D eigenvalue weighted by molar-refractivity contribution is 0.380. The Labute approximate surface area is 92.0 Å². The van der Waals surface area contributed by atoms with Gasteiger partial charge in [0.05, 0.1) is 6.54 Å². The second-order valence-corrected chi connectivity index (χ2v) is 3.67. The maximum atomic E-state index is 5.93. The standard InChI is InChI=1S/C10H10ClN3O/c1-6-2-7(4-8(11)3-6)10-13-9(5-12)15-14-10/h2-4H,5,12H2,1H3. The number of nitrogens with two attached hydrogens (primary N) is 1. The number of aromatic nitrogens is 2. The molecule has 1 aromatic carbocycles. The maximum Gasteiger partial charge on any atom is 0.240 e. The largest absolute Gasteiger partial charge is 0.338 e. The molecule has 1 aromatic heterocycles. The van der Waals surface area contributed by atoms with Crippen LogP contribution < -0.4 is 5.73 Å². The molecule has 78 valence electrons. The average molecular weight is 224 g/mol. The van der Waals surface area contributed by atoms with Gasteiger partial charge in [-0.1, -0.05) is 16.8 Å². The molecule has 0 spiro atoms. The summed E-state index contributed by atoms with van der Waals surface area (Å²) in [5.74, 6) is 0.934. The van der Waals surface area contributed by atoms with Crippen molar-refractivity contribution in [1.29, 1.82) is 0 Å². The van der Waals surface area contributed by atoms with Crippen molar-refractivity contribution in [1.82, 2.24) is 10.1 Å². The molecule has 1 heterocycles. The van der Waals surface area contributed by atoms with Gasteiger partial charge >= 0.3 is 0 Å². The van der Waals surface area contributed by atoms with Gasteiger partial charge in [0.1, 0.15) is 0 Å². The van der Waals surface area contributed by atoms with Gasteiger partial charge in [-0.3, -0.25) is 0 Å². The Kier molecular flexibility index (Phi) is 2.70. The van der Waals surface area contributed by atoms with Crippen molar-refractivity contribution in [3.05, 3.63) is 34.7 Å². The molecule has 0 fully saturated rings. The molecule has 2 N–H and O–H groups in total. The van der Waals surface area contributed by atoms with E-state index < -0.39 is 0 Å². The molecule has 0 saturated carbocycles. The Morgan fingerprint density at radius 3 is 2.80 bits per heavy atom. The highest BCUT2D eigenvalue weighted by Gasteiger charge is 2.08. The fraction of sp³-hybridized carbons (Fsp3) is 0.200. The van der Waals surface area contributed by atoms with Crippen LogP contribution in [0.1, 0.15) is 11.5 Å². The summed E-state index contributed by atoms with van der Waals surface area (Å²) in [5, 5.41) is 4.47. The minimum atomic E-state index is 0.243. The van der Waals surface area contributed by atoms with Crippen molar-refractivity contribution in [2.24, 2.45) is 5.73 Å². The van der Waals surface area contributed by atoms with Crippen LogP contribution in [0.25, 0.3) is 11.4 Å². The lowest BCUT2D eigenvalue weighted by Crippen LogP contribution is -1.95. The molecule has 0 unspecified atom stereocenters. The number of nitrogens with zero attached hydrogens (tertiary/aromatic N) is 2. The van der Waals surface area contributed by atoms with Crippen LogP contribution in [0.4, 0.5) is 0 Å². The Hall–Kier alpha value is -1.39. The second kappa shape index (κ2) is 4.00. The monoisotopic (exact) mass is 223 g/mol. The Balaban J connectivity index is 2.44. The van der Waals surface area contributed by atoms with Crippen LogP contribution in [0.3, 0.4) is 0 Å². The van der Waals surface area contributed by atoms with Crippen molar-refractivity contribution >= 4 is 11.6 Å². The van der Waals surface area contributed by atoms with Crippen LogP contribution in [0.15, 0.2) is 22.7 Å².